The summed E-state index contributed by atoms with van der Waals surface area (Å²) >= 11 is 0. The van der Waals surface area contributed by atoms with Crippen LogP contribution in [-0.4, -0.2) is 91.4 Å². The van der Waals surface area contributed by atoms with Crippen molar-refractivity contribution < 1.29 is 9.47 Å². The molecule has 4 rings (SSSR count). The molecule has 0 saturated carbocycles. The Morgan fingerprint density at radius 2 is 1.96 bits per heavy atom. The van der Waals surface area contributed by atoms with Crippen molar-refractivity contribution >= 4 is 0 Å². The van der Waals surface area contributed by atoms with Crippen LogP contribution < -0.4 is 4.74 Å². The van der Waals surface area contributed by atoms with Gasteiger partial charge in [-0.05, 0) is 32.4 Å². The Kier molecular flexibility index (Phi) is 5.45. The highest BCUT2D eigenvalue weighted by Gasteiger charge is 2.44. The number of hydrogen-bond donors (Lipinski definition) is 0. The van der Waals surface area contributed by atoms with E-state index in [9.17, 15) is 0 Å². The average Bonchev–Trinajstić information content (AvgIpc) is 3.09. The van der Waals surface area contributed by atoms with Gasteiger partial charge in [0, 0.05) is 63.6 Å². The summed E-state index contributed by atoms with van der Waals surface area (Å²) < 4.78 is 11.8. The van der Waals surface area contributed by atoms with E-state index in [1.54, 1.807) is 13.3 Å². The maximum Gasteiger partial charge on any atom is 0.217 e. The van der Waals surface area contributed by atoms with Crippen molar-refractivity contribution in [1.82, 2.24) is 19.7 Å². The number of likely N-dealkylation sites (tertiary alicyclic amines) is 1. The zero-order valence-electron chi connectivity index (χ0n) is 16.2. The normalized spacial score (nSPS) is 27.8. The summed E-state index contributed by atoms with van der Waals surface area (Å²) in [6, 6.07) is 4.73. The highest BCUT2D eigenvalue weighted by Crippen LogP contribution is 2.38. The molecule has 1 spiro atoms. The summed E-state index contributed by atoms with van der Waals surface area (Å²) in [5.74, 6) is 0.750. The van der Waals surface area contributed by atoms with Gasteiger partial charge in [0.15, 0.2) is 0 Å². The Morgan fingerprint density at radius 3 is 2.69 bits per heavy atom. The Labute approximate surface area is 157 Å². The molecule has 0 unspecified atom stereocenters. The number of aromatic nitrogens is 1. The molecule has 0 N–H and O–H groups in total. The van der Waals surface area contributed by atoms with Crippen molar-refractivity contribution in [3.05, 3.63) is 23.9 Å². The lowest BCUT2D eigenvalue weighted by atomic mass is 9.87. The minimum Gasteiger partial charge on any atom is -0.481 e. The van der Waals surface area contributed by atoms with E-state index in [2.05, 4.69) is 32.8 Å². The number of rotatable bonds is 4. The van der Waals surface area contributed by atoms with Gasteiger partial charge >= 0.3 is 0 Å². The zero-order chi connectivity index (χ0) is 18.0. The Bertz CT molecular complexity index is 595. The number of likely N-dealkylation sites (N-methyl/N-ethyl adjacent to an activating group) is 1. The van der Waals surface area contributed by atoms with E-state index in [0.29, 0.717) is 6.04 Å². The quantitative estimate of drug-likeness (QED) is 0.810. The number of ether oxygens (including phenoxy) is 2. The number of nitrogens with zero attached hydrogens (tertiary/aromatic N) is 4. The fraction of sp³-hybridized carbons (Fsp3) is 0.750. The number of hydrogen-bond acceptors (Lipinski definition) is 6. The van der Waals surface area contributed by atoms with Gasteiger partial charge in [0.2, 0.25) is 5.88 Å². The van der Waals surface area contributed by atoms with Crippen LogP contribution in [-0.2, 0) is 11.3 Å². The van der Waals surface area contributed by atoms with Crippen LogP contribution in [0.25, 0.3) is 0 Å². The molecule has 3 aliphatic rings. The first kappa shape index (κ1) is 18.2. The lowest BCUT2D eigenvalue weighted by molar-refractivity contribution is -0.0455. The molecule has 0 aromatic carbocycles. The molecule has 0 radical (unpaired) electrons. The second kappa shape index (κ2) is 7.80. The lowest BCUT2D eigenvalue weighted by Crippen LogP contribution is -2.50. The van der Waals surface area contributed by atoms with E-state index in [1.807, 2.05) is 6.07 Å². The maximum atomic E-state index is 6.40. The van der Waals surface area contributed by atoms with Crippen molar-refractivity contribution in [2.45, 2.75) is 37.5 Å². The maximum absolute atomic E-state index is 6.40. The van der Waals surface area contributed by atoms with Crippen LogP contribution in [0.4, 0.5) is 0 Å². The van der Waals surface area contributed by atoms with Crippen molar-refractivity contribution in [2.75, 3.05) is 60.0 Å². The summed E-state index contributed by atoms with van der Waals surface area (Å²) in [6.07, 6.45) is 5.28. The Morgan fingerprint density at radius 1 is 1.19 bits per heavy atom. The Hall–Kier alpha value is -1.21. The van der Waals surface area contributed by atoms with Gasteiger partial charge in [0.05, 0.1) is 19.3 Å². The third-order valence-electron chi connectivity index (χ3n) is 6.45. The summed E-state index contributed by atoms with van der Waals surface area (Å²) in [6.45, 7) is 8.76. The second-order valence-electron chi connectivity index (χ2n) is 8.14. The minimum atomic E-state index is 0.115. The molecule has 144 valence electrons. The number of piperidine rings is 1. The first-order valence-corrected chi connectivity index (χ1v) is 9.94. The molecular weight excluding hydrogens is 328 g/mol. The summed E-state index contributed by atoms with van der Waals surface area (Å²) in [5, 5.41) is 0. The van der Waals surface area contributed by atoms with Crippen LogP contribution in [0.2, 0.25) is 0 Å². The van der Waals surface area contributed by atoms with E-state index in [4.69, 9.17) is 9.47 Å². The first-order valence-electron chi connectivity index (χ1n) is 9.94. The van der Waals surface area contributed by atoms with E-state index >= 15 is 0 Å². The van der Waals surface area contributed by atoms with E-state index < -0.39 is 0 Å². The zero-order valence-corrected chi connectivity index (χ0v) is 16.2. The van der Waals surface area contributed by atoms with Gasteiger partial charge < -0.3 is 14.4 Å². The van der Waals surface area contributed by atoms with Crippen LogP contribution in [0.5, 0.6) is 5.88 Å². The first-order chi connectivity index (χ1) is 12.7. The van der Waals surface area contributed by atoms with Gasteiger partial charge in [-0.3, -0.25) is 9.80 Å². The molecule has 4 heterocycles. The smallest absolute Gasteiger partial charge is 0.217 e. The molecule has 6 nitrogen and oxygen atoms in total. The monoisotopic (exact) mass is 360 g/mol. The van der Waals surface area contributed by atoms with Gasteiger partial charge in [0.1, 0.15) is 0 Å². The van der Waals surface area contributed by atoms with Crippen molar-refractivity contribution in [3.8, 4) is 5.88 Å². The molecule has 0 amide bonds. The van der Waals surface area contributed by atoms with Crippen molar-refractivity contribution in [2.24, 2.45) is 0 Å². The van der Waals surface area contributed by atoms with E-state index in [-0.39, 0.29) is 5.60 Å². The second-order valence-corrected chi connectivity index (χ2v) is 8.14. The fourth-order valence-corrected chi connectivity index (χ4v) is 4.68. The van der Waals surface area contributed by atoms with Gasteiger partial charge in [-0.15, -0.1) is 0 Å². The predicted octanol–water partition coefficient (Wildman–Crippen LogP) is 1.46. The van der Waals surface area contributed by atoms with Crippen LogP contribution in [0, 0.1) is 0 Å². The molecule has 1 aromatic rings. The number of pyridine rings is 1. The fourth-order valence-electron chi connectivity index (χ4n) is 4.68. The summed E-state index contributed by atoms with van der Waals surface area (Å²) in [4.78, 5) is 11.9. The lowest BCUT2D eigenvalue weighted by Gasteiger charge is -2.40. The highest BCUT2D eigenvalue weighted by molar-refractivity contribution is 5.25. The van der Waals surface area contributed by atoms with E-state index in [1.165, 1.54) is 38.2 Å². The molecule has 26 heavy (non-hydrogen) atoms. The molecule has 0 aliphatic carbocycles. The highest BCUT2D eigenvalue weighted by atomic mass is 16.5. The van der Waals surface area contributed by atoms with Gasteiger partial charge in [0.25, 0.3) is 0 Å². The largest absolute Gasteiger partial charge is 0.481 e. The third kappa shape index (κ3) is 3.88. The van der Waals surface area contributed by atoms with Crippen LogP contribution >= 0.6 is 0 Å². The van der Waals surface area contributed by atoms with Crippen molar-refractivity contribution in [1.29, 1.82) is 0 Å². The topological polar surface area (TPSA) is 41.1 Å². The number of methoxy groups -OCH3 is 1. The SMILES string of the molecule is COc1ncccc1CN1CCC2(CC1)C[C@H](N1CCN(C)CC1)CO2. The minimum absolute atomic E-state index is 0.115. The van der Waals surface area contributed by atoms with Gasteiger partial charge in [-0.2, -0.15) is 0 Å². The Balaban J connectivity index is 1.29. The van der Waals surface area contributed by atoms with Gasteiger partial charge in [-0.25, -0.2) is 4.98 Å². The molecule has 1 aromatic heterocycles. The molecule has 6 heteroatoms. The number of piperazine rings is 1. The molecule has 3 saturated heterocycles. The average molecular weight is 361 g/mol. The third-order valence-corrected chi connectivity index (χ3v) is 6.45. The molecule has 3 fully saturated rings. The standard InChI is InChI=1S/C20H32N4O2/c1-22-10-12-24(13-11-22)18-14-20(26-16-18)5-8-23(9-6-20)15-17-4-3-7-21-19(17)25-2/h3-4,7,18H,5-6,8-16H2,1-2H3/t18-/m0/s1. The van der Waals surface area contributed by atoms with E-state index in [0.717, 1.165) is 45.0 Å². The molecule has 3 aliphatic heterocycles. The van der Waals surface area contributed by atoms with Crippen LogP contribution in [0.3, 0.4) is 0 Å². The molecule has 0 bridgehead atoms. The molecule has 1 atom stereocenters. The van der Waals surface area contributed by atoms with Crippen LogP contribution in [0.15, 0.2) is 18.3 Å². The van der Waals surface area contributed by atoms with Crippen LogP contribution in [0.1, 0.15) is 24.8 Å². The summed E-state index contributed by atoms with van der Waals surface area (Å²) in [5.41, 5.74) is 1.29. The van der Waals surface area contributed by atoms with Gasteiger partial charge in [-0.1, -0.05) is 6.07 Å². The molecular formula is C20H32N4O2. The summed E-state index contributed by atoms with van der Waals surface area (Å²) in [7, 11) is 3.92. The predicted molar refractivity (Wildman–Crippen MR) is 101 cm³/mol. The van der Waals surface area contributed by atoms with Crippen molar-refractivity contribution in [3.63, 3.8) is 0 Å².